The highest BCUT2D eigenvalue weighted by Gasteiger charge is 2.11. The second-order valence-electron chi connectivity index (χ2n) is 11.2. The van der Waals surface area contributed by atoms with E-state index in [1.807, 2.05) is 12.1 Å². The maximum atomic E-state index is 5.72. The van der Waals surface area contributed by atoms with Crippen LogP contribution in [0.2, 0.25) is 0 Å². The molecule has 2 aromatic rings. The number of anilines is 2. The molecule has 4 N–H and O–H groups in total. The van der Waals surface area contributed by atoms with Gasteiger partial charge in [-0.3, -0.25) is 9.80 Å². The Balaban J connectivity index is 1.32. The molecule has 5 rings (SSSR count). The van der Waals surface area contributed by atoms with Gasteiger partial charge in [0.15, 0.2) is 0 Å². The maximum Gasteiger partial charge on any atom is 0.126 e. The van der Waals surface area contributed by atoms with Crippen molar-refractivity contribution >= 4 is 11.6 Å². The Bertz CT molecular complexity index is 907. The molecule has 0 amide bonds. The van der Waals surface area contributed by atoms with Crippen molar-refractivity contribution in [3.05, 3.63) is 47.8 Å². The molecular formula is C32H54N8O3. The predicted octanol–water partition coefficient (Wildman–Crippen LogP) is 2.42. The van der Waals surface area contributed by atoms with Crippen LogP contribution in [-0.2, 0) is 27.3 Å². The van der Waals surface area contributed by atoms with E-state index in [0.717, 1.165) is 127 Å². The molecule has 1 fully saturated rings. The van der Waals surface area contributed by atoms with Crippen molar-refractivity contribution in [1.29, 1.82) is 0 Å². The number of nitrogens with zero attached hydrogens (tertiary/aromatic N) is 4. The lowest BCUT2D eigenvalue weighted by molar-refractivity contribution is 0.0145. The third kappa shape index (κ3) is 14.8. The van der Waals surface area contributed by atoms with Gasteiger partial charge >= 0.3 is 0 Å². The first-order chi connectivity index (χ1) is 21.3. The monoisotopic (exact) mass is 598 g/mol. The van der Waals surface area contributed by atoms with E-state index in [4.69, 9.17) is 24.2 Å². The average Bonchev–Trinajstić information content (AvgIpc) is 3.01. The average molecular weight is 599 g/mol. The molecule has 3 aliphatic rings. The fraction of sp³-hybridized carbons (Fsp3) is 0.688. The van der Waals surface area contributed by atoms with Gasteiger partial charge in [0.1, 0.15) is 11.6 Å². The molecule has 5 heterocycles. The first-order valence-electron chi connectivity index (χ1n) is 16.3. The summed E-state index contributed by atoms with van der Waals surface area (Å²) in [5.74, 6) is 1.86. The molecule has 0 aliphatic carbocycles. The zero-order chi connectivity index (χ0) is 29.6. The molecule has 43 heavy (non-hydrogen) atoms. The SMILES string of the molecule is c1cc2nc(c1)NCCCOCCOCCOCCCNc1cccc(n1)CN1CCCNCCN(CCCNCC1)C2. The summed E-state index contributed by atoms with van der Waals surface area (Å²) in [6.07, 6.45) is 4.07. The molecule has 2 aromatic heterocycles. The minimum atomic E-state index is 0.587. The van der Waals surface area contributed by atoms with Gasteiger partial charge in [-0.2, -0.15) is 0 Å². The van der Waals surface area contributed by atoms with Crippen LogP contribution in [0.1, 0.15) is 37.1 Å². The molecule has 240 valence electrons. The number of nitrogens with one attached hydrogen (secondary N) is 4. The molecule has 11 nitrogen and oxygen atoms in total. The molecular weight excluding hydrogens is 544 g/mol. The van der Waals surface area contributed by atoms with E-state index in [9.17, 15) is 0 Å². The summed E-state index contributed by atoms with van der Waals surface area (Å²) in [5, 5.41) is 14.3. The zero-order valence-corrected chi connectivity index (χ0v) is 26.0. The minimum absolute atomic E-state index is 0.587. The van der Waals surface area contributed by atoms with E-state index in [1.165, 1.54) is 0 Å². The number of ether oxygens (including phenoxy) is 3. The summed E-state index contributed by atoms with van der Waals surface area (Å²) >= 11 is 0. The predicted molar refractivity (Wildman–Crippen MR) is 173 cm³/mol. The van der Waals surface area contributed by atoms with Gasteiger partial charge in [0, 0.05) is 65.6 Å². The summed E-state index contributed by atoms with van der Waals surface area (Å²) in [6, 6.07) is 12.6. The lowest BCUT2D eigenvalue weighted by Crippen LogP contribution is -2.38. The van der Waals surface area contributed by atoms with Gasteiger partial charge in [0.2, 0.25) is 0 Å². The standard InChI is InChI=1S/C32H54N8O3/c1-7-29-27-39-17-3-11-34-16-20-40(18-4-12-33-15-19-39)28-30-8-2-10-32(38-30)36-14-6-22-42-24-26-43-25-23-41-21-5-13-35-31(9-1)37-29/h1-2,7-10,33-34H,3-6,11-28H2,(H,35,37)(H,36,38). The van der Waals surface area contributed by atoms with Gasteiger partial charge in [-0.05, 0) is 76.1 Å². The molecule has 2 unspecified atom stereocenters. The lowest BCUT2D eigenvalue weighted by Gasteiger charge is -2.25. The molecule has 0 radical (unpaired) electrons. The molecule has 11 heteroatoms. The van der Waals surface area contributed by atoms with Gasteiger partial charge in [0.25, 0.3) is 0 Å². The van der Waals surface area contributed by atoms with Crippen LogP contribution in [-0.4, -0.2) is 125 Å². The summed E-state index contributed by atoms with van der Waals surface area (Å²) in [5.41, 5.74) is 2.21. The summed E-state index contributed by atoms with van der Waals surface area (Å²) < 4.78 is 17.1. The van der Waals surface area contributed by atoms with Crippen LogP contribution < -0.4 is 21.3 Å². The van der Waals surface area contributed by atoms with Crippen molar-refractivity contribution in [2.45, 2.75) is 38.8 Å². The van der Waals surface area contributed by atoms with Crippen molar-refractivity contribution in [1.82, 2.24) is 30.4 Å². The minimum Gasteiger partial charge on any atom is -0.379 e. The van der Waals surface area contributed by atoms with Crippen molar-refractivity contribution < 1.29 is 14.2 Å². The van der Waals surface area contributed by atoms with Gasteiger partial charge in [-0.1, -0.05) is 12.1 Å². The van der Waals surface area contributed by atoms with Crippen LogP contribution in [0.15, 0.2) is 36.4 Å². The highest BCUT2D eigenvalue weighted by molar-refractivity contribution is 5.36. The van der Waals surface area contributed by atoms with E-state index in [-0.39, 0.29) is 0 Å². The molecule has 2 atom stereocenters. The van der Waals surface area contributed by atoms with E-state index in [1.54, 1.807) is 0 Å². The number of hydrogen-bond acceptors (Lipinski definition) is 11. The molecule has 6 bridgehead atoms. The highest BCUT2D eigenvalue weighted by Crippen LogP contribution is 2.10. The van der Waals surface area contributed by atoms with Crippen LogP contribution in [0.25, 0.3) is 0 Å². The van der Waals surface area contributed by atoms with Gasteiger partial charge in [-0.25, -0.2) is 9.97 Å². The number of fused-ring (bicyclic) bond motifs is 24. The largest absolute Gasteiger partial charge is 0.379 e. The summed E-state index contributed by atoms with van der Waals surface area (Å²) in [6.45, 7) is 15.3. The second kappa shape index (κ2) is 21.3. The summed E-state index contributed by atoms with van der Waals surface area (Å²) in [7, 11) is 0. The van der Waals surface area contributed by atoms with Gasteiger partial charge < -0.3 is 35.5 Å². The molecule has 3 aliphatic heterocycles. The third-order valence-electron chi connectivity index (χ3n) is 7.54. The fourth-order valence-electron chi connectivity index (χ4n) is 5.23. The Labute approximate surface area is 258 Å². The fourth-order valence-corrected chi connectivity index (χ4v) is 5.23. The highest BCUT2D eigenvalue weighted by atomic mass is 16.5. The summed E-state index contributed by atoms with van der Waals surface area (Å²) in [4.78, 5) is 14.8. The van der Waals surface area contributed by atoms with Crippen molar-refractivity contribution in [3.8, 4) is 0 Å². The van der Waals surface area contributed by atoms with Crippen molar-refractivity contribution in [2.75, 3.05) is 116 Å². The van der Waals surface area contributed by atoms with Crippen LogP contribution in [0.3, 0.4) is 0 Å². The molecule has 0 spiro atoms. The van der Waals surface area contributed by atoms with E-state index >= 15 is 0 Å². The third-order valence-corrected chi connectivity index (χ3v) is 7.54. The number of hydrogen-bond donors (Lipinski definition) is 4. The molecule has 0 saturated carbocycles. The maximum absolute atomic E-state index is 5.72. The van der Waals surface area contributed by atoms with E-state index < -0.39 is 0 Å². The van der Waals surface area contributed by atoms with Crippen LogP contribution in [0, 0.1) is 0 Å². The normalized spacial score (nSPS) is 24.0. The topological polar surface area (TPSA) is 108 Å². The Morgan fingerprint density at radius 3 is 1.44 bits per heavy atom. The van der Waals surface area contributed by atoms with Crippen LogP contribution in [0.4, 0.5) is 11.6 Å². The smallest absolute Gasteiger partial charge is 0.126 e. The Kier molecular flexibility index (Phi) is 16.6. The molecule has 0 aromatic carbocycles. The van der Waals surface area contributed by atoms with E-state index in [0.29, 0.717) is 39.6 Å². The van der Waals surface area contributed by atoms with Gasteiger partial charge in [0.05, 0.1) is 37.8 Å². The van der Waals surface area contributed by atoms with Crippen LogP contribution in [0.5, 0.6) is 0 Å². The quantitative estimate of drug-likeness (QED) is 0.336. The van der Waals surface area contributed by atoms with E-state index in [2.05, 4.69) is 55.3 Å². The Morgan fingerprint density at radius 1 is 0.488 bits per heavy atom. The van der Waals surface area contributed by atoms with Crippen molar-refractivity contribution in [2.24, 2.45) is 0 Å². The van der Waals surface area contributed by atoms with Crippen LogP contribution >= 0.6 is 0 Å². The zero-order valence-electron chi connectivity index (χ0n) is 26.0. The lowest BCUT2D eigenvalue weighted by atomic mass is 10.2. The van der Waals surface area contributed by atoms with Gasteiger partial charge in [-0.15, -0.1) is 0 Å². The Morgan fingerprint density at radius 2 is 0.953 bits per heavy atom. The first kappa shape index (κ1) is 33.5. The van der Waals surface area contributed by atoms with Crippen molar-refractivity contribution in [3.63, 3.8) is 0 Å². The number of aromatic nitrogens is 2. The Hall–Kier alpha value is -2.38. The number of rotatable bonds is 0. The first-order valence-corrected chi connectivity index (χ1v) is 16.3. The number of pyridine rings is 2. The molecule has 1 saturated heterocycles. The second-order valence-corrected chi connectivity index (χ2v) is 11.2.